The summed E-state index contributed by atoms with van der Waals surface area (Å²) < 4.78 is 2.21. The Labute approximate surface area is 124 Å². The standard InChI is InChI=1S/C15H24N4S/c1-13-14(19-10-11-20-15(19)17-13)12-16-6-5-9-18-7-3-2-4-8-18/h10-11,16H,2-9,12H2,1H3. The van der Waals surface area contributed by atoms with Gasteiger partial charge >= 0.3 is 0 Å². The number of piperidine rings is 1. The zero-order valence-electron chi connectivity index (χ0n) is 12.3. The van der Waals surface area contributed by atoms with Crippen LogP contribution in [0.5, 0.6) is 0 Å². The SMILES string of the molecule is Cc1nc2sccn2c1CNCCCN1CCCCC1. The van der Waals surface area contributed by atoms with Crippen LogP contribution in [0, 0.1) is 6.92 Å². The Morgan fingerprint density at radius 3 is 3.00 bits per heavy atom. The second kappa shape index (κ2) is 6.70. The normalized spacial score (nSPS) is 17.1. The average Bonchev–Trinajstić information content (AvgIpc) is 3.02. The number of aryl methyl sites for hydroxylation is 1. The van der Waals surface area contributed by atoms with Crippen LogP contribution in [0.1, 0.15) is 37.1 Å². The maximum absolute atomic E-state index is 4.58. The highest BCUT2D eigenvalue weighted by Gasteiger charge is 2.10. The third-order valence-electron chi connectivity index (χ3n) is 4.13. The lowest BCUT2D eigenvalue weighted by molar-refractivity contribution is 0.225. The lowest BCUT2D eigenvalue weighted by Crippen LogP contribution is -2.32. The number of imidazole rings is 1. The van der Waals surface area contributed by atoms with Crippen LogP contribution in [0.3, 0.4) is 0 Å². The lowest BCUT2D eigenvalue weighted by Gasteiger charge is -2.26. The number of rotatable bonds is 6. The largest absolute Gasteiger partial charge is 0.311 e. The Balaban J connectivity index is 1.41. The third-order valence-corrected chi connectivity index (χ3v) is 4.89. The number of nitrogens with zero attached hydrogens (tertiary/aromatic N) is 3. The monoisotopic (exact) mass is 292 g/mol. The van der Waals surface area contributed by atoms with Crippen LogP contribution in [0.15, 0.2) is 11.6 Å². The summed E-state index contributed by atoms with van der Waals surface area (Å²) in [5.74, 6) is 0. The van der Waals surface area contributed by atoms with E-state index in [1.54, 1.807) is 11.3 Å². The molecule has 2 aromatic rings. The second-order valence-electron chi connectivity index (χ2n) is 5.63. The Morgan fingerprint density at radius 1 is 1.30 bits per heavy atom. The van der Waals surface area contributed by atoms with Crippen molar-refractivity contribution in [2.75, 3.05) is 26.2 Å². The lowest BCUT2D eigenvalue weighted by atomic mass is 10.1. The van der Waals surface area contributed by atoms with Crippen LogP contribution in [-0.2, 0) is 6.54 Å². The topological polar surface area (TPSA) is 32.6 Å². The Morgan fingerprint density at radius 2 is 2.15 bits per heavy atom. The molecule has 3 heterocycles. The molecule has 3 rings (SSSR count). The highest BCUT2D eigenvalue weighted by atomic mass is 32.1. The summed E-state index contributed by atoms with van der Waals surface area (Å²) >= 11 is 1.70. The minimum Gasteiger partial charge on any atom is -0.311 e. The van der Waals surface area contributed by atoms with Crippen molar-refractivity contribution in [3.63, 3.8) is 0 Å². The van der Waals surface area contributed by atoms with E-state index in [2.05, 4.69) is 38.1 Å². The van der Waals surface area contributed by atoms with Crippen molar-refractivity contribution in [3.05, 3.63) is 23.0 Å². The number of likely N-dealkylation sites (tertiary alicyclic amines) is 1. The summed E-state index contributed by atoms with van der Waals surface area (Å²) in [5.41, 5.74) is 2.46. The molecule has 110 valence electrons. The molecule has 1 saturated heterocycles. The summed E-state index contributed by atoms with van der Waals surface area (Å²) in [6.45, 7) is 7.96. The van der Waals surface area contributed by atoms with Gasteiger partial charge in [-0.1, -0.05) is 6.42 Å². The molecule has 0 amide bonds. The van der Waals surface area contributed by atoms with Crippen molar-refractivity contribution in [1.82, 2.24) is 19.6 Å². The van der Waals surface area contributed by atoms with E-state index in [9.17, 15) is 0 Å². The Kier molecular flexibility index (Phi) is 4.70. The van der Waals surface area contributed by atoms with E-state index < -0.39 is 0 Å². The first kappa shape index (κ1) is 14.0. The molecule has 20 heavy (non-hydrogen) atoms. The maximum Gasteiger partial charge on any atom is 0.194 e. The maximum atomic E-state index is 4.58. The first-order valence-corrected chi connectivity index (χ1v) is 8.56. The van der Waals surface area contributed by atoms with Gasteiger partial charge in [-0.05, 0) is 52.4 Å². The first-order valence-electron chi connectivity index (χ1n) is 7.69. The first-order chi connectivity index (χ1) is 9.84. The molecule has 0 saturated carbocycles. The highest BCUT2D eigenvalue weighted by Crippen LogP contribution is 2.16. The van der Waals surface area contributed by atoms with Gasteiger partial charge in [-0.25, -0.2) is 4.98 Å². The summed E-state index contributed by atoms with van der Waals surface area (Å²) in [6, 6.07) is 0. The smallest absolute Gasteiger partial charge is 0.194 e. The van der Waals surface area contributed by atoms with Gasteiger partial charge in [-0.2, -0.15) is 0 Å². The van der Waals surface area contributed by atoms with Gasteiger partial charge in [0.1, 0.15) is 0 Å². The number of aromatic nitrogens is 2. The molecule has 0 atom stereocenters. The molecule has 0 aliphatic carbocycles. The van der Waals surface area contributed by atoms with Crippen LogP contribution in [0.2, 0.25) is 0 Å². The molecule has 0 unspecified atom stereocenters. The van der Waals surface area contributed by atoms with Gasteiger partial charge in [-0.3, -0.25) is 4.40 Å². The number of fused-ring (bicyclic) bond motifs is 1. The summed E-state index contributed by atoms with van der Waals surface area (Å²) in [5, 5.41) is 5.67. The number of nitrogens with one attached hydrogen (secondary N) is 1. The van der Waals surface area contributed by atoms with Gasteiger partial charge in [-0.15, -0.1) is 11.3 Å². The summed E-state index contributed by atoms with van der Waals surface area (Å²) in [4.78, 5) is 8.29. The van der Waals surface area contributed by atoms with E-state index in [1.165, 1.54) is 51.0 Å². The van der Waals surface area contributed by atoms with Crippen LogP contribution in [0.25, 0.3) is 4.96 Å². The second-order valence-corrected chi connectivity index (χ2v) is 6.51. The number of hydrogen-bond acceptors (Lipinski definition) is 4. The fourth-order valence-corrected chi connectivity index (χ4v) is 3.75. The zero-order chi connectivity index (χ0) is 13.8. The molecule has 0 spiro atoms. The summed E-state index contributed by atoms with van der Waals surface area (Å²) in [6.07, 6.45) is 7.55. The predicted octanol–water partition coefficient (Wildman–Crippen LogP) is 2.67. The van der Waals surface area contributed by atoms with Gasteiger partial charge in [0.15, 0.2) is 4.96 Å². The van der Waals surface area contributed by atoms with E-state index in [0.717, 1.165) is 23.7 Å². The molecular weight excluding hydrogens is 268 g/mol. The van der Waals surface area contributed by atoms with E-state index >= 15 is 0 Å². The van der Waals surface area contributed by atoms with Gasteiger partial charge in [0.05, 0.1) is 11.4 Å². The van der Waals surface area contributed by atoms with E-state index in [0.29, 0.717) is 0 Å². The van der Waals surface area contributed by atoms with E-state index in [1.807, 2.05) is 0 Å². The van der Waals surface area contributed by atoms with Crippen molar-refractivity contribution in [2.45, 2.75) is 39.2 Å². The molecule has 1 fully saturated rings. The molecule has 0 bridgehead atoms. The van der Waals surface area contributed by atoms with Gasteiger partial charge in [0, 0.05) is 18.1 Å². The average molecular weight is 292 g/mol. The Bertz CT molecular complexity index is 539. The molecule has 1 N–H and O–H groups in total. The fraction of sp³-hybridized carbons (Fsp3) is 0.667. The number of hydrogen-bond donors (Lipinski definition) is 1. The molecule has 4 nitrogen and oxygen atoms in total. The third kappa shape index (κ3) is 3.22. The van der Waals surface area contributed by atoms with E-state index in [-0.39, 0.29) is 0 Å². The van der Waals surface area contributed by atoms with Gasteiger partial charge < -0.3 is 10.2 Å². The van der Waals surface area contributed by atoms with Crippen LogP contribution < -0.4 is 5.32 Å². The van der Waals surface area contributed by atoms with Crippen molar-refractivity contribution < 1.29 is 0 Å². The zero-order valence-corrected chi connectivity index (χ0v) is 13.1. The molecule has 1 aliphatic heterocycles. The predicted molar refractivity (Wildman–Crippen MR) is 84.4 cm³/mol. The quantitative estimate of drug-likeness (QED) is 0.831. The molecule has 5 heteroatoms. The molecule has 0 radical (unpaired) electrons. The molecular formula is C15H24N4S. The molecule has 1 aliphatic rings. The minimum absolute atomic E-state index is 0.920. The van der Waals surface area contributed by atoms with Gasteiger partial charge in [0.2, 0.25) is 0 Å². The summed E-state index contributed by atoms with van der Waals surface area (Å²) in [7, 11) is 0. The van der Waals surface area contributed by atoms with Crippen molar-refractivity contribution in [3.8, 4) is 0 Å². The van der Waals surface area contributed by atoms with Crippen LogP contribution in [0.4, 0.5) is 0 Å². The van der Waals surface area contributed by atoms with Gasteiger partial charge in [0.25, 0.3) is 0 Å². The fourth-order valence-electron chi connectivity index (χ4n) is 2.97. The molecule has 2 aromatic heterocycles. The van der Waals surface area contributed by atoms with Crippen LogP contribution >= 0.6 is 11.3 Å². The van der Waals surface area contributed by atoms with Crippen molar-refractivity contribution >= 4 is 16.3 Å². The Hall–Kier alpha value is -0.910. The minimum atomic E-state index is 0.920. The number of thiazole rings is 1. The van der Waals surface area contributed by atoms with Crippen LogP contribution in [-0.4, -0.2) is 40.5 Å². The van der Waals surface area contributed by atoms with Crippen molar-refractivity contribution in [1.29, 1.82) is 0 Å². The molecule has 0 aromatic carbocycles. The highest BCUT2D eigenvalue weighted by molar-refractivity contribution is 7.15. The van der Waals surface area contributed by atoms with E-state index in [4.69, 9.17) is 0 Å². The van der Waals surface area contributed by atoms with Crippen molar-refractivity contribution in [2.24, 2.45) is 0 Å².